The largest absolute Gasteiger partial charge is 0.812 e. The van der Waals surface area contributed by atoms with Gasteiger partial charge in [-0.15, -0.1) is 11.8 Å². The lowest BCUT2D eigenvalue weighted by Gasteiger charge is -2.33. The fourth-order valence-electron chi connectivity index (χ4n) is 0.165. The first-order valence-corrected chi connectivity index (χ1v) is 4.48. The van der Waals surface area contributed by atoms with E-state index < -0.39 is 6.72 Å². The molecular formula is C2H6NO3PS-2. The fourth-order valence-corrected chi connectivity index (χ4v) is 0.717. The Morgan fingerprint density at radius 3 is 2.25 bits per heavy atom. The number of hydrogen-bond acceptors (Lipinski definition) is 5. The molecule has 0 amide bonds. The third-order valence-corrected chi connectivity index (χ3v) is 1.18. The molecule has 6 heteroatoms. The van der Waals surface area contributed by atoms with Crippen LogP contribution in [0.5, 0.6) is 0 Å². The Hall–Kier alpha value is 0.490. The Kier molecular flexibility index (Phi) is 3.72. The quantitative estimate of drug-likeness (QED) is 0.472. The summed E-state index contributed by atoms with van der Waals surface area (Å²) in [5.74, 6) is 0. The average Bonchev–Trinajstić information content (AvgIpc) is 1.59. The van der Waals surface area contributed by atoms with Crippen LogP contribution in [0.15, 0.2) is 0 Å². The molecule has 50 valence electrons. The predicted octanol–water partition coefficient (Wildman–Crippen LogP) is -2.09. The van der Waals surface area contributed by atoms with Gasteiger partial charge in [0.15, 0.2) is 0 Å². The Balaban J connectivity index is 3.26. The molecule has 0 atom stereocenters. The second-order valence-corrected chi connectivity index (χ2v) is 3.56. The van der Waals surface area contributed by atoms with Gasteiger partial charge in [0.2, 0.25) is 0 Å². The normalized spacial score (nSPS) is 11.9. The highest BCUT2D eigenvalue weighted by atomic mass is 32.5. The smallest absolute Gasteiger partial charge is 0.0609 e. The van der Waals surface area contributed by atoms with Crippen molar-refractivity contribution < 1.29 is 14.3 Å². The van der Waals surface area contributed by atoms with Gasteiger partial charge in [0.05, 0.1) is 6.61 Å². The van der Waals surface area contributed by atoms with E-state index in [2.05, 4.69) is 16.3 Å². The van der Waals surface area contributed by atoms with Crippen molar-refractivity contribution in [2.24, 2.45) is 5.73 Å². The van der Waals surface area contributed by atoms with E-state index in [1.807, 2.05) is 0 Å². The van der Waals surface area contributed by atoms with E-state index in [4.69, 9.17) is 5.73 Å². The molecule has 0 aliphatic heterocycles. The highest BCUT2D eigenvalue weighted by Gasteiger charge is 1.81. The van der Waals surface area contributed by atoms with E-state index in [-0.39, 0.29) is 13.2 Å². The zero-order valence-electron chi connectivity index (χ0n) is 4.07. The van der Waals surface area contributed by atoms with Crippen LogP contribution in [-0.2, 0) is 16.3 Å². The molecule has 0 aromatic rings. The summed E-state index contributed by atoms with van der Waals surface area (Å²) >= 11 is 3.87. The van der Waals surface area contributed by atoms with Gasteiger partial charge in [0, 0.05) is 6.54 Å². The molecule has 8 heavy (non-hydrogen) atoms. The molecule has 0 rings (SSSR count). The Labute approximate surface area is 52.5 Å². The first kappa shape index (κ1) is 8.49. The fraction of sp³-hybridized carbons (Fsp3) is 1.00. The SMILES string of the molecule is NCCOP([O-])([O-])=S. The second kappa shape index (κ2) is 3.50. The maximum Gasteiger partial charge on any atom is 0.0609 e. The van der Waals surface area contributed by atoms with Gasteiger partial charge >= 0.3 is 0 Å². The molecule has 0 saturated heterocycles. The van der Waals surface area contributed by atoms with Crippen molar-refractivity contribution in [1.82, 2.24) is 0 Å². The van der Waals surface area contributed by atoms with Gasteiger partial charge < -0.3 is 20.0 Å². The van der Waals surface area contributed by atoms with Crippen molar-refractivity contribution >= 4 is 18.5 Å². The molecule has 0 unspecified atom stereocenters. The third kappa shape index (κ3) is 6.49. The van der Waals surface area contributed by atoms with Crippen molar-refractivity contribution in [2.45, 2.75) is 0 Å². The van der Waals surface area contributed by atoms with Crippen molar-refractivity contribution in [3.8, 4) is 0 Å². The highest BCUT2D eigenvalue weighted by Crippen LogP contribution is 2.23. The van der Waals surface area contributed by atoms with E-state index >= 15 is 0 Å². The second-order valence-electron chi connectivity index (χ2n) is 1.07. The Morgan fingerprint density at radius 2 is 2.12 bits per heavy atom. The van der Waals surface area contributed by atoms with E-state index in [1.165, 1.54) is 0 Å². The van der Waals surface area contributed by atoms with Crippen LogP contribution >= 0.6 is 6.72 Å². The number of rotatable bonds is 3. The molecule has 0 aliphatic rings. The molecule has 0 aromatic carbocycles. The summed E-state index contributed by atoms with van der Waals surface area (Å²) in [6.45, 7) is -3.78. The van der Waals surface area contributed by atoms with Gasteiger partial charge in [-0.2, -0.15) is 0 Å². The lowest BCUT2D eigenvalue weighted by molar-refractivity contribution is -0.321. The van der Waals surface area contributed by atoms with Crippen molar-refractivity contribution in [3.63, 3.8) is 0 Å². The third-order valence-electron chi connectivity index (χ3n) is 0.367. The first-order valence-electron chi connectivity index (χ1n) is 1.93. The van der Waals surface area contributed by atoms with E-state index in [1.54, 1.807) is 0 Å². The number of nitrogens with two attached hydrogens (primary N) is 1. The molecule has 0 spiro atoms. The molecule has 0 aromatic heterocycles. The van der Waals surface area contributed by atoms with Crippen molar-refractivity contribution in [1.29, 1.82) is 0 Å². The first-order chi connectivity index (χ1) is 3.56. The van der Waals surface area contributed by atoms with Gasteiger partial charge in [-0.05, 0) is 0 Å². The molecule has 0 aliphatic carbocycles. The minimum absolute atomic E-state index is 0.0235. The van der Waals surface area contributed by atoms with Crippen molar-refractivity contribution in [3.05, 3.63) is 0 Å². The summed E-state index contributed by atoms with van der Waals surface area (Å²) in [4.78, 5) is 19.9. The maximum atomic E-state index is 9.95. The maximum absolute atomic E-state index is 9.95. The summed E-state index contributed by atoms with van der Waals surface area (Å²) in [6, 6.07) is 0. The van der Waals surface area contributed by atoms with Gasteiger partial charge in [-0.25, -0.2) is 0 Å². The topological polar surface area (TPSA) is 81.4 Å². The highest BCUT2D eigenvalue weighted by molar-refractivity contribution is 8.05. The lowest BCUT2D eigenvalue weighted by atomic mass is 10.8. The van der Waals surface area contributed by atoms with E-state index in [0.29, 0.717) is 0 Å². The van der Waals surface area contributed by atoms with E-state index in [9.17, 15) is 9.79 Å². The molecule has 0 bridgehead atoms. The van der Waals surface area contributed by atoms with Crippen LogP contribution in [0.1, 0.15) is 0 Å². The zero-order valence-corrected chi connectivity index (χ0v) is 5.78. The van der Waals surface area contributed by atoms with Crippen LogP contribution in [0.25, 0.3) is 0 Å². The van der Waals surface area contributed by atoms with Crippen LogP contribution in [0, 0.1) is 0 Å². The minimum atomic E-state index is -3.93. The molecule has 2 N–H and O–H groups in total. The monoisotopic (exact) mass is 155 g/mol. The molecule has 0 radical (unpaired) electrons. The van der Waals surface area contributed by atoms with Gasteiger partial charge in [-0.1, -0.05) is 6.72 Å². The van der Waals surface area contributed by atoms with Crippen LogP contribution in [-0.4, -0.2) is 13.2 Å². The molecule has 0 saturated carbocycles. The van der Waals surface area contributed by atoms with Crippen LogP contribution < -0.4 is 15.5 Å². The standard InChI is InChI=1S/C2H8NO3PS/c3-1-2-6-7(4,5)8/h1-3H2,(H2,4,5,8)/p-2. The van der Waals surface area contributed by atoms with Gasteiger partial charge in [0.25, 0.3) is 0 Å². The van der Waals surface area contributed by atoms with Gasteiger partial charge in [0.1, 0.15) is 0 Å². The average molecular weight is 155 g/mol. The van der Waals surface area contributed by atoms with E-state index in [0.717, 1.165) is 0 Å². The Bertz CT molecular complexity index is 101. The minimum Gasteiger partial charge on any atom is -0.812 e. The van der Waals surface area contributed by atoms with Crippen molar-refractivity contribution in [2.75, 3.05) is 13.2 Å². The van der Waals surface area contributed by atoms with Crippen LogP contribution in [0.4, 0.5) is 0 Å². The summed E-state index contributed by atoms with van der Waals surface area (Å²) in [5.41, 5.74) is 4.90. The summed E-state index contributed by atoms with van der Waals surface area (Å²) < 4.78 is 4.07. The Morgan fingerprint density at radius 1 is 1.62 bits per heavy atom. The molecule has 4 nitrogen and oxygen atoms in total. The van der Waals surface area contributed by atoms with Gasteiger partial charge in [-0.3, -0.25) is 0 Å². The molecule has 0 fully saturated rings. The molecule has 0 heterocycles. The van der Waals surface area contributed by atoms with Crippen LogP contribution in [0.2, 0.25) is 0 Å². The van der Waals surface area contributed by atoms with Crippen LogP contribution in [0.3, 0.4) is 0 Å². The lowest BCUT2D eigenvalue weighted by Crippen LogP contribution is -2.19. The zero-order chi connectivity index (χ0) is 6.62. The summed E-state index contributed by atoms with van der Waals surface area (Å²) in [6.07, 6.45) is 0. The summed E-state index contributed by atoms with van der Waals surface area (Å²) in [7, 11) is 0. The predicted molar refractivity (Wildman–Crippen MR) is 29.3 cm³/mol. The molecular weight excluding hydrogens is 149 g/mol. The summed E-state index contributed by atoms with van der Waals surface area (Å²) in [5, 5.41) is 0. The number of hydrogen-bond donors (Lipinski definition) is 1.